The van der Waals surface area contributed by atoms with Crippen molar-refractivity contribution in [2.24, 2.45) is 0 Å². The highest BCUT2D eigenvalue weighted by Gasteiger charge is 2.20. The van der Waals surface area contributed by atoms with Crippen LogP contribution < -0.4 is 15.4 Å². The molecule has 0 atom stereocenters. The number of piperazine rings is 1. The largest absolute Gasteiger partial charge is 0.353 e. The number of aromatic amines is 1. The van der Waals surface area contributed by atoms with Gasteiger partial charge in [0, 0.05) is 38.6 Å². The van der Waals surface area contributed by atoms with Gasteiger partial charge in [0.1, 0.15) is 5.82 Å². The number of anilines is 2. The summed E-state index contributed by atoms with van der Waals surface area (Å²) in [6.07, 6.45) is 3.40. The van der Waals surface area contributed by atoms with Crippen molar-refractivity contribution >= 4 is 22.8 Å². The Morgan fingerprint density at radius 1 is 0.913 bits per heavy atom. The van der Waals surface area contributed by atoms with E-state index in [4.69, 9.17) is 0 Å². The summed E-state index contributed by atoms with van der Waals surface area (Å²) in [4.78, 5) is 32.3. The molecule has 4 heterocycles. The number of hydrogen-bond donors (Lipinski definition) is 1. The molecule has 7 nitrogen and oxygen atoms in total. The van der Waals surface area contributed by atoms with Crippen molar-refractivity contribution in [1.29, 1.82) is 0 Å². The first-order chi connectivity index (χ1) is 11.3. The zero-order valence-electron chi connectivity index (χ0n) is 12.5. The number of aromatic nitrogens is 4. The number of hydrogen-bond acceptors (Lipinski definition) is 6. The monoisotopic (exact) mass is 308 g/mol. The summed E-state index contributed by atoms with van der Waals surface area (Å²) in [6, 6.07) is 9.52. The normalized spacial score (nSPS) is 15.1. The van der Waals surface area contributed by atoms with Gasteiger partial charge in [-0.3, -0.25) is 9.78 Å². The summed E-state index contributed by atoms with van der Waals surface area (Å²) < 4.78 is 0. The SMILES string of the molecule is O=c1[nH]c(N2CCN(c3ccccn3)CC2)nc2cccnc12. The first kappa shape index (κ1) is 13.7. The van der Waals surface area contributed by atoms with E-state index < -0.39 is 0 Å². The number of nitrogens with zero attached hydrogens (tertiary/aromatic N) is 5. The van der Waals surface area contributed by atoms with E-state index in [1.165, 1.54) is 0 Å². The van der Waals surface area contributed by atoms with Crippen LogP contribution in [0.3, 0.4) is 0 Å². The Bertz CT molecular complexity index is 870. The third kappa shape index (κ3) is 2.61. The van der Waals surface area contributed by atoms with Crippen molar-refractivity contribution in [3.63, 3.8) is 0 Å². The molecular weight excluding hydrogens is 292 g/mol. The molecule has 0 saturated carbocycles. The highest BCUT2D eigenvalue weighted by Crippen LogP contribution is 2.16. The molecule has 4 rings (SSSR count). The zero-order valence-corrected chi connectivity index (χ0v) is 12.5. The fraction of sp³-hybridized carbons (Fsp3) is 0.250. The lowest BCUT2D eigenvalue weighted by Crippen LogP contribution is -2.47. The first-order valence-corrected chi connectivity index (χ1v) is 7.57. The van der Waals surface area contributed by atoms with Gasteiger partial charge in [0.2, 0.25) is 5.95 Å². The number of H-pyrrole nitrogens is 1. The Kier molecular flexibility index (Phi) is 3.38. The minimum atomic E-state index is -0.197. The molecule has 0 aromatic carbocycles. The molecule has 1 aliphatic heterocycles. The van der Waals surface area contributed by atoms with Gasteiger partial charge in [0.15, 0.2) is 5.52 Å². The Labute approximate surface area is 132 Å². The van der Waals surface area contributed by atoms with Crippen LogP contribution in [-0.2, 0) is 0 Å². The maximum absolute atomic E-state index is 12.1. The van der Waals surface area contributed by atoms with Crippen LogP contribution in [0.5, 0.6) is 0 Å². The van der Waals surface area contributed by atoms with E-state index in [0.717, 1.165) is 32.0 Å². The predicted octanol–water partition coefficient (Wildman–Crippen LogP) is 1.04. The molecule has 0 bridgehead atoms. The number of rotatable bonds is 2. The average molecular weight is 308 g/mol. The lowest BCUT2D eigenvalue weighted by Gasteiger charge is -2.35. The van der Waals surface area contributed by atoms with Crippen molar-refractivity contribution in [2.45, 2.75) is 0 Å². The fourth-order valence-electron chi connectivity index (χ4n) is 2.80. The Hall–Kier alpha value is -2.96. The highest BCUT2D eigenvalue weighted by molar-refractivity contribution is 5.73. The third-order valence-electron chi connectivity index (χ3n) is 4.01. The molecule has 3 aromatic rings. The van der Waals surface area contributed by atoms with Gasteiger partial charge in [-0.25, -0.2) is 15.0 Å². The molecule has 116 valence electrons. The molecule has 0 aliphatic carbocycles. The number of pyridine rings is 2. The molecule has 1 fully saturated rings. The van der Waals surface area contributed by atoms with Crippen LogP contribution in [0, 0.1) is 0 Å². The Balaban J connectivity index is 1.56. The minimum Gasteiger partial charge on any atom is -0.353 e. The summed E-state index contributed by atoms with van der Waals surface area (Å²) in [5, 5.41) is 0. The summed E-state index contributed by atoms with van der Waals surface area (Å²) in [5.41, 5.74) is 0.805. The molecule has 23 heavy (non-hydrogen) atoms. The predicted molar refractivity (Wildman–Crippen MR) is 88.8 cm³/mol. The topological polar surface area (TPSA) is 78.0 Å². The number of fused-ring (bicyclic) bond motifs is 1. The second kappa shape index (κ2) is 5.68. The van der Waals surface area contributed by atoms with Crippen LogP contribution in [-0.4, -0.2) is 46.1 Å². The van der Waals surface area contributed by atoms with Crippen LogP contribution in [0.15, 0.2) is 47.5 Å². The van der Waals surface area contributed by atoms with E-state index in [2.05, 4.69) is 29.7 Å². The fourth-order valence-corrected chi connectivity index (χ4v) is 2.80. The van der Waals surface area contributed by atoms with Crippen molar-refractivity contribution in [2.75, 3.05) is 36.0 Å². The van der Waals surface area contributed by atoms with E-state index in [0.29, 0.717) is 17.0 Å². The first-order valence-electron chi connectivity index (χ1n) is 7.57. The minimum absolute atomic E-state index is 0.197. The molecule has 1 N–H and O–H groups in total. The lowest BCUT2D eigenvalue weighted by molar-refractivity contribution is 0.635. The lowest BCUT2D eigenvalue weighted by atomic mass is 10.3. The zero-order chi connectivity index (χ0) is 15.6. The van der Waals surface area contributed by atoms with Gasteiger partial charge in [-0.05, 0) is 24.3 Å². The number of nitrogens with one attached hydrogen (secondary N) is 1. The summed E-state index contributed by atoms with van der Waals surface area (Å²) in [7, 11) is 0. The second-order valence-electron chi connectivity index (χ2n) is 5.42. The van der Waals surface area contributed by atoms with Gasteiger partial charge < -0.3 is 9.80 Å². The Morgan fingerprint density at radius 2 is 1.70 bits per heavy atom. The van der Waals surface area contributed by atoms with E-state index in [9.17, 15) is 4.79 Å². The molecule has 3 aromatic heterocycles. The van der Waals surface area contributed by atoms with Gasteiger partial charge in [0.25, 0.3) is 5.56 Å². The molecule has 0 spiro atoms. The average Bonchev–Trinajstić information content (AvgIpc) is 2.63. The molecule has 0 amide bonds. The highest BCUT2D eigenvalue weighted by atomic mass is 16.1. The third-order valence-corrected chi connectivity index (χ3v) is 4.01. The molecule has 7 heteroatoms. The van der Waals surface area contributed by atoms with Gasteiger partial charge in [0.05, 0.1) is 5.52 Å². The van der Waals surface area contributed by atoms with E-state index in [1.54, 1.807) is 18.5 Å². The summed E-state index contributed by atoms with van der Waals surface area (Å²) >= 11 is 0. The Morgan fingerprint density at radius 3 is 2.48 bits per heavy atom. The quantitative estimate of drug-likeness (QED) is 0.762. The molecule has 1 aliphatic rings. The van der Waals surface area contributed by atoms with Gasteiger partial charge in [-0.1, -0.05) is 6.07 Å². The molecule has 0 unspecified atom stereocenters. The van der Waals surface area contributed by atoms with Crippen molar-refractivity contribution in [3.8, 4) is 0 Å². The summed E-state index contributed by atoms with van der Waals surface area (Å²) in [6.45, 7) is 3.24. The van der Waals surface area contributed by atoms with Crippen LogP contribution >= 0.6 is 0 Å². The van der Waals surface area contributed by atoms with Crippen LogP contribution in [0.2, 0.25) is 0 Å². The molecule has 1 saturated heterocycles. The standard InChI is InChI=1S/C16H16N6O/c23-15-14-12(4-3-7-18-14)19-16(20-15)22-10-8-21(9-11-22)13-5-1-2-6-17-13/h1-7H,8-11H2,(H,19,20,23). The van der Waals surface area contributed by atoms with E-state index in [1.807, 2.05) is 24.3 Å². The van der Waals surface area contributed by atoms with Crippen LogP contribution in [0.1, 0.15) is 0 Å². The summed E-state index contributed by atoms with van der Waals surface area (Å²) in [5.74, 6) is 1.59. The van der Waals surface area contributed by atoms with Gasteiger partial charge in [-0.15, -0.1) is 0 Å². The van der Waals surface area contributed by atoms with E-state index in [-0.39, 0.29) is 5.56 Å². The molecule has 0 radical (unpaired) electrons. The van der Waals surface area contributed by atoms with Crippen LogP contribution in [0.25, 0.3) is 11.0 Å². The van der Waals surface area contributed by atoms with Crippen molar-refractivity contribution < 1.29 is 0 Å². The smallest absolute Gasteiger partial charge is 0.278 e. The maximum Gasteiger partial charge on any atom is 0.278 e. The van der Waals surface area contributed by atoms with Crippen LogP contribution in [0.4, 0.5) is 11.8 Å². The second-order valence-corrected chi connectivity index (χ2v) is 5.42. The van der Waals surface area contributed by atoms with Gasteiger partial charge >= 0.3 is 0 Å². The van der Waals surface area contributed by atoms with Crippen molar-refractivity contribution in [3.05, 3.63) is 53.1 Å². The van der Waals surface area contributed by atoms with E-state index >= 15 is 0 Å². The van der Waals surface area contributed by atoms with Gasteiger partial charge in [-0.2, -0.15) is 0 Å². The molecular formula is C16H16N6O. The van der Waals surface area contributed by atoms with Crippen molar-refractivity contribution in [1.82, 2.24) is 19.9 Å². The maximum atomic E-state index is 12.1.